The molecular weight excluding hydrogens is 116 g/mol. The van der Waals surface area contributed by atoms with Crippen molar-refractivity contribution < 1.29 is 9.84 Å². The molecule has 1 fully saturated rings. The Hall–Kier alpha value is -0.340. The second-order valence-electron chi connectivity index (χ2n) is 2.01. The molecule has 1 rings (SSSR count). The van der Waals surface area contributed by atoms with E-state index in [0.717, 1.165) is 13.2 Å². The zero-order valence-corrected chi connectivity index (χ0v) is 5.84. The fourth-order valence-corrected chi connectivity index (χ4v) is 0.0745. The second kappa shape index (κ2) is 5.79. The summed E-state index contributed by atoms with van der Waals surface area (Å²) < 4.78 is 4.50. The topological polar surface area (TPSA) is 32.8 Å². The van der Waals surface area contributed by atoms with Crippen molar-refractivity contribution in [1.82, 2.24) is 0 Å². The molecular formula is C7H14O2. The van der Waals surface area contributed by atoms with Crippen molar-refractivity contribution in [3.8, 4) is 0 Å². The Balaban J connectivity index is 0.000000173. The van der Waals surface area contributed by atoms with Crippen molar-refractivity contribution in [2.24, 2.45) is 5.92 Å². The van der Waals surface area contributed by atoms with Crippen LogP contribution in [-0.4, -0.2) is 24.9 Å². The van der Waals surface area contributed by atoms with Gasteiger partial charge in [-0.1, -0.05) is 13.0 Å². The van der Waals surface area contributed by atoms with E-state index in [0.29, 0.717) is 0 Å². The summed E-state index contributed by atoms with van der Waals surface area (Å²) in [6, 6.07) is 0. The molecule has 1 aliphatic rings. The van der Waals surface area contributed by atoms with Gasteiger partial charge in [-0.25, -0.2) is 0 Å². The Kier molecular flexibility index (Phi) is 5.57. The first kappa shape index (κ1) is 8.66. The van der Waals surface area contributed by atoms with Crippen LogP contribution < -0.4 is 0 Å². The van der Waals surface area contributed by atoms with E-state index in [9.17, 15) is 0 Å². The van der Waals surface area contributed by atoms with Crippen molar-refractivity contribution in [3.63, 3.8) is 0 Å². The van der Waals surface area contributed by atoms with Crippen molar-refractivity contribution >= 4 is 0 Å². The van der Waals surface area contributed by atoms with Crippen LogP contribution in [0.1, 0.15) is 6.92 Å². The third kappa shape index (κ3) is 11.3. The second-order valence-corrected chi connectivity index (χ2v) is 2.01. The first-order valence-electron chi connectivity index (χ1n) is 3.12. The van der Waals surface area contributed by atoms with Crippen LogP contribution >= 0.6 is 0 Å². The van der Waals surface area contributed by atoms with E-state index in [1.807, 2.05) is 6.92 Å². The number of hydrogen-bond acceptors (Lipinski definition) is 2. The molecule has 0 aliphatic carbocycles. The molecule has 1 unspecified atom stereocenters. The molecule has 0 saturated carbocycles. The molecule has 0 bridgehead atoms. The summed E-state index contributed by atoms with van der Waals surface area (Å²) in [7, 11) is 0. The molecule has 0 aromatic heterocycles. The largest absolute Gasteiger partial charge is 0.396 e. The third-order valence-corrected chi connectivity index (χ3v) is 0.894. The standard InChI is InChI=1S/C5H10O.C2H4O/c1-3-5(2)4-6;1-2-3-1/h3,5-6H,1,4H2,2H3;1-2H2. The maximum atomic E-state index is 8.26. The predicted molar refractivity (Wildman–Crippen MR) is 37.3 cm³/mol. The molecule has 2 heteroatoms. The third-order valence-electron chi connectivity index (χ3n) is 0.894. The fourth-order valence-electron chi connectivity index (χ4n) is 0.0745. The Morgan fingerprint density at radius 2 is 2.22 bits per heavy atom. The van der Waals surface area contributed by atoms with Gasteiger partial charge in [0.15, 0.2) is 0 Å². The van der Waals surface area contributed by atoms with E-state index < -0.39 is 0 Å². The van der Waals surface area contributed by atoms with Gasteiger partial charge < -0.3 is 9.84 Å². The van der Waals surface area contributed by atoms with Crippen LogP contribution in [-0.2, 0) is 4.74 Å². The van der Waals surface area contributed by atoms with Crippen molar-refractivity contribution in [2.45, 2.75) is 6.92 Å². The number of epoxide rings is 1. The van der Waals surface area contributed by atoms with Gasteiger partial charge in [-0.3, -0.25) is 0 Å². The first-order chi connectivity index (χ1) is 4.31. The highest BCUT2D eigenvalue weighted by Gasteiger charge is 1.94. The van der Waals surface area contributed by atoms with E-state index >= 15 is 0 Å². The summed E-state index contributed by atoms with van der Waals surface area (Å²) in [4.78, 5) is 0. The van der Waals surface area contributed by atoms with Gasteiger partial charge in [-0.15, -0.1) is 6.58 Å². The van der Waals surface area contributed by atoms with E-state index in [4.69, 9.17) is 5.11 Å². The van der Waals surface area contributed by atoms with Gasteiger partial charge in [0.25, 0.3) is 0 Å². The van der Waals surface area contributed by atoms with E-state index in [1.54, 1.807) is 6.08 Å². The molecule has 1 heterocycles. The Bertz CT molecular complexity index is 66.6. The van der Waals surface area contributed by atoms with Gasteiger partial charge in [0, 0.05) is 6.61 Å². The summed E-state index contributed by atoms with van der Waals surface area (Å²) in [5, 5.41) is 8.26. The first-order valence-corrected chi connectivity index (χ1v) is 3.12. The van der Waals surface area contributed by atoms with Gasteiger partial charge in [0.1, 0.15) is 0 Å². The Morgan fingerprint density at radius 1 is 1.78 bits per heavy atom. The molecule has 0 spiro atoms. The lowest BCUT2D eigenvalue weighted by molar-refractivity contribution is 0.262. The Labute approximate surface area is 56.1 Å². The van der Waals surface area contributed by atoms with Gasteiger partial charge in [0.05, 0.1) is 13.2 Å². The van der Waals surface area contributed by atoms with E-state index in [2.05, 4.69) is 11.3 Å². The number of aliphatic hydroxyl groups excluding tert-OH is 1. The van der Waals surface area contributed by atoms with Crippen molar-refractivity contribution in [2.75, 3.05) is 19.8 Å². The SMILES string of the molecule is C1CO1.C=CC(C)CO. The highest BCUT2D eigenvalue weighted by Crippen LogP contribution is 1.89. The molecule has 0 aromatic rings. The molecule has 1 N–H and O–H groups in total. The van der Waals surface area contributed by atoms with Gasteiger partial charge >= 0.3 is 0 Å². The highest BCUT2D eigenvalue weighted by atomic mass is 16.6. The minimum atomic E-state index is 0.212. The van der Waals surface area contributed by atoms with Gasteiger partial charge in [-0.2, -0.15) is 0 Å². The summed E-state index contributed by atoms with van der Waals surface area (Å²) in [6.45, 7) is 7.59. The minimum absolute atomic E-state index is 0.212. The highest BCUT2D eigenvalue weighted by molar-refractivity contribution is 4.72. The number of ether oxygens (including phenoxy) is 1. The van der Waals surface area contributed by atoms with Crippen molar-refractivity contribution in [3.05, 3.63) is 12.7 Å². The molecule has 9 heavy (non-hydrogen) atoms. The quantitative estimate of drug-likeness (QED) is 0.443. The lowest BCUT2D eigenvalue weighted by atomic mass is 10.2. The van der Waals surface area contributed by atoms with Crippen LogP contribution in [0.2, 0.25) is 0 Å². The minimum Gasteiger partial charge on any atom is -0.396 e. The monoisotopic (exact) mass is 130 g/mol. The zero-order chi connectivity index (χ0) is 7.11. The van der Waals surface area contributed by atoms with E-state index in [-0.39, 0.29) is 12.5 Å². The average molecular weight is 130 g/mol. The molecule has 54 valence electrons. The number of rotatable bonds is 2. The average Bonchev–Trinajstić information content (AvgIpc) is 2.70. The van der Waals surface area contributed by atoms with Crippen LogP contribution in [0.25, 0.3) is 0 Å². The molecule has 0 radical (unpaired) electrons. The summed E-state index contributed by atoms with van der Waals surface area (Å²) in [5.74, 6) is 0.255. The maximum Gasteiger partial charge on any atom is 0.0701 e. The maximum absolute atomic E-state index is 8.26. The summed E-state index contributed by atoms with van der Waals surface area (Å²) >= 11 is 0. The number of aliphatic hydroxyl groups is 1. The molecule has 0 aromatic carbocycles. The van der Waals surface area contributed by atoms with Crippen LogP contribution in [0.15, 0.2) is 12.7 Å². The summed E-state index contributed by atoms with van der Waals surface area (Å²) in [5.41, 5.74) is 0. The molecule has 2 nitrogen and oxygen atoms in total. The van der Waals surface area contributed by atoms with Crippen molar-refractivity contribution in [1.29, 1.82) is 0 Å². The van der Waals surface area contributed by atoms with E-state index in [1.165, 1.54) is 0 Å². The molecule has 1 saturated heterocycles. The smallest absolute Gasteiger partial charge is 0.0701 e. The molecule has 0 amide bonds. The van der Waals surface area contributed by atoms with Crippen LogP contribution in [0, 0.1) is 5.92 Å². The normalized spacial score (nSPS) is 17.1. The summed E-state index contributed by atoms with van der Waals surface area (Å²) in [6.07, 6.45) is 1.72. The lowest BCUT2D eigenvalue weighted by Gasteiger charge is -1.93. The van der Waals surface area contributed by atoms with Crippen LogP contribution in [0.5, 0.6) is 0 Å². The van der Waals surface area contributed by atoms with Crippen LogP contribution in [0.4, 0.5) is 0 Å². The molecule has 1 atom stereocenters. The Morgan fingerprint density at radius 3 is 2.22 bits per heavy atom. The number of hydrogen-bond donors (Lipinski definition) is 1. The van der Waals surface area contributed by atoms with Gasteiger partial charge in [0.2, 0.25) is 0 Å². The zero-order valence-electron chi connectivity index (χ0n) is 5.84. The fraction of sp³-hybridized carbons (Fsp3) is 0.714. The van der Waals surface area contributed by atoms with Gasteiger partial charge in [-0.05, 0) is 5.92 Å². The van der Waals surface area contributed by atoms with Crippen LogP contribution in [0.3, 0.4) is 0 Å². The lowest BCUT2D eigenvalue weighted by Crippen LogP contribution is -1.93. The predicted octanol–water partition coefficient (Wildman–Crippen LogP) is 0.817. The molecule has 1 aliphatic heterocycles.